The third kappa shape index (κ3) is 2.70. The van der Waals surface area contributed by atoms with Crippen molar-refractivity contribution >= 4 is 10.9 Å². The van der Waals surface area contributed by atoms with Crippen LogP contribution in [0.15, 0.2) is 24.3 Å². The van der Waals surface area contributed by atoms with Gasteiger partial charge in [-0.15, -0.1) is 0 Å². The van der Waals surface area contributed by atoms with E-state index in [0.717, 1.165) is 24.3 Å². The quantitative estimate of drug-likeness (QED) is 0.882. The zero-order valence-electron chi connectivity index (χ0n) is 11.7. The van der Waals surface area contributed by atoms with Gasteiger partial charge in [0.2, 0.25) is 0 Å². The zero-order chi connectivity index (χ0) is 13.1. The minimum absolute atomic E-state index is 0.558. The fraction of sp³-hybridized carbons (Fsp3) is 0.438. The maximum Gasteiger partial charge on any atom is 0.0708 e. The van der Waals surface area contributed by atoms with E-state index in [1.165, 1.54) is 16.5 Å². The van der Waals surface area contributed by atoms with Gasteiger partial charge in [-0.3, -0.25) is 4.98 Å². The lowest BCUT2D eigenvalue weighted by molar-refractivity contribution is 0.729. The molecule has 2 rings (SSSR count). The lowest BCUT2D eigenvalue weighted by atomic mass is 9.98. The molecule has 0 aliphatic rings. The smallest absolute Gasteiger partial charge is 0.0708 e. The molecular formula is C16H22N2. The molecule has 1 heterocycles. The largest absolute Gasteiger partial charge is 0.313 e. The van der Waals surface area contributed by atoms with Gasteiger partial charge in [-0.1, -0.05) is 26.8 Å². The molecule has 0 unspecified atom stereocenters. The Balaban J connectivity index is 2.54. The zero-order valence-corrected chi connectivity index (χ0v) is 11.7. The maximum atomic E-state index is 4.62. The van der Waals surface area contributed by atoms with Crippen molar-refractivity contribution in [1.29, 1.82) is 0 Å². The molecule has 0 saturated heterocycles. The Bertz CT molecular complexity index is 544. The molecule has 96 valence electrons. The van der Waals surface area contributed by atoms with Crippen LogP contribution in [0.4, 0.5) is 0 Å². The fourth-order valence-corrected chi connectivity index (χ4v) is 2.23. The molecule has 1 aromatic heterocycles. The van der Waals surface area contributed by atoms with Crippen LogP contribution in [0, 0.1) is 6.92 Å². The second-order valence-electron chi connectivity index (χ2n) is 5.13. The van der Waals surface area contributed by atoms with Gasteiger partial charge in [0.15, 0.2) is 0 Å². The van der Waals surface area contributed by atoms with E-state index in [9.17, 15) is 0 Å². The van der Waals surface area contributed by atoms with Gasteiger partial charge in [0, 0.05) is 17.6 Å². The van der Waals surface area contributed by atoms with Gasteiger partial charge in [0.05, 0.1) is 5.52 Å². The molecule has 0 radical (unpaired) electrons. The van der Waals surface area contributed by atoms with E-state index < -0.39 is 0 Å². The summed E-state index contributed by atoms with van der Waals surface area (Å²) in [7, 11) is 0. The van der Waals surface area contributed by atoms with Gasteiger partial charge in [-0.05, 0) is 48.7 Å². The molecule has 0 spiro atoms. The Kier molecular flexibility index (Phi) is 3.97. The number of fused-ring (bicyclic) bond motifs is 1. The standard InChI is InChI=1S/C16H22N2/c1-5-17-10-14-8-12(4)18-16-7-6-13(11(2)3)9-15(14)16/h6-9,11,17H,5,10H2,1-4H3. The molecule has 0 aliphatic carbocycles. The summed E-state index contributed by atoms with van der Waals surface area (Å²) in [4.78, 5) is 4.62. The highest BCUT2D eigenvalue weighted by molar-refractivity contribution is 5.83. The monoisotopic (exact) mass is 242 g/mol. The van der Waals surface area contributed by atoms with Crippen LogP contribution in [0.2, 0.25) is 0 Å². The van der Waals surface area contributed by atoms with Gasteiger partial charge >= 0.3 is 0 Å². The number of pyridine rings is 1. The second kappa shape index (κ2) is 5.49. The SMILES string of the molecule is CCNCc1cc(C)nc2ccc(C(C)C)cc12. The van der Waals surface area contributed by atoms with E-state index in [2.05, 4.69) is 62.3 Å². The van der Waals surface area contributed by atoms with Crippen LogP contribution in [0.5, 0.6) is 0 Å². The molecule has 0 aliphatic heterocycles. The lowest BCUT2D eigenvalue weighted by Gasteiger charge is -2.11. The first-order valence-electron chi connectivity index (χ1n) is 6.72. The molecular weight excluding hydrogens is 220 g/mol. The highest BCUT2D eigenvalue weighted by atomic mass is 14.8. The average Bonchev–Trinajstić information content (AvgIpc) is 2.35. The summed E-state index contributed by atoms with van der Waals surface area (Å²) in [6.07, 6.45) is 0. The van der Waals surface area contributed by atoms with Crippen LogP contribution in [0.3, 0.4) is 0 Å². The third-order valence-electron chi connectivity index (χ3n) is 3.28. The number of aromatic nitrogens is 1. The molecule has 2 nitrogen and oxygen atoms in total. The lowest BCUT2D eigenvalue weighted by Crippen LogP contribution is -2.12. The first-order valence-corrected chi connectivity index (χ1v) is 6.72. The van der Waals surface area contributed by atoms with Crippen molar-refractivity contribution < 1.29 is 0 Å². The van der Waals surface area contributed by atoms with Crippen LogP contribution in [-0.2, 0) is 6.54 Å². The molecule has 2 aromatic rings. The van der Waals surface area contributed by atoms with Crippen LogP contribution in [0.1, 0.15) is 43.5 Å². The Morgan fingerprint density at radius 3 is 2.67 bits per heavy atom. The van der Waals surface area contributed by atoms with E-state index >= 15 is 0 Å². The maximum absolute atomic E-state index is 4.62. The first-order chi connectivity index (χ1) is 8.61. The predicted octanol–water partition coefficient (Wildman–Crippen LogP) is 3.78. The van der Waals surface area contributed by atoms with E-state index in [1.807, 2.05) is 0 Å². The molecule has 0 amide bonds. The first kappa shape index (κ1) is 13.0. The Hall–Kier alpha value is -1.41. The van der Waals surface area contributed by atoms with Gasteiger partial charge in [-0.2, -0.15) is 0 Å². The van der Waals surface area contributed by atoms with Crippen LogP contribution >= 0.6 is 0 Å². The molecule has 0 atom stereocenters. The molecule has 0 bridgehead atoms. The van der Waals surface area contributed by atoms with Gasteiger partial charge < -0.3 is 5.32 Å². The fourth-order valence-electron chi connectivity index (χ4n) is 2.23. The molecule has 2 heteroatoms. The summed E-state index contributed by atoms with van der Waals surface area (Å²) in [5, 5.41) is 4.69. The van der Waals surface area contributed by atoms with E-state index in [-0.39, 0.29) is 0 Å². The molecule has 0 saturated carbocycles. The minimum atomic E-state index is 0.558. The highest BCUT2D eigenvalue weighted by Gasteiger charge is 2.06. The van der Waals surface area contributed by atoms with Crippen molar-refractivity contribution in [2.24, 2.45) is 0 Å². The molecule has 1 aromatic carbocycles. The topological polar surface area (TPSA) is 24.9 Å². The number of nitrogens with one attached hydrogen (secondary N) is 1. The molecule has 1 N–H and O–H groups in total. The number of aryl methyl sites for hydroxylation is 1. The van der Waals surface area contributed by atoms with Crippen molar-refractivity contribution in [3.8, 4) is 0 Å². The van der Waals surface area contributed by atoms with E-state index in [0.29, 0.717) is 5.92 Å². The summed E-state index contributed by atoms with van der Waals surface area (Å²) >= 11 is 0. The summed E-state index contributed by atoms with van der Waals surface area (Å²) in [5.74, 6) is 0.558. The van der Waals surface area contributed by atoms with Crippen LogP contribution in [0.25, 0.3) is 10.9 Å². The van der Waals surface area contributed by atoms with Crippen molar-refractivity contribution in [3.63, 3.8) is 0 Å². The second-order valence-corrected chi connectivity index (χ2v) is 5.13. The van der Waals surface area contributed by atoms with Crippen molar-refractivity contribution in [2.45, 2.75) is 40.2 Å². The Labute approximate surface area is 109 Å². The number of benzene rings is 1. The normalized spacial score (nSPS) is 11.4. The number of hydrogen-bond donors (Lipinski definition) is 1. The summed E-state index contributed by atoms with van der Waals surface area (Å²) in [6.45, 7) is 10.6. The summed E-state index contributed by atoms with van der Waals surface area (Å²) < 4.78 is 0. The highest BCUT2D eigenvalue weighted by Crippen LogP contribution is 2.23. The van der Waals surface area contributed by atoms with Crippen molar-refractivity contribution in [3.05, 3.63) is 41.1 Å². The number of rotatable bonds is 4. The Morgan fingerprint density at radius 2 is 2.00 bits per heavy atom. The average molecular weight is 242 g/mol. The molecule has 18 heavy (non-hydrogen) atoms. The van der Waals surface area contributed by atoms with Gasteiger partial charge in [0.1, 0.15) is 0 Å². The van der Waals surface area contributed by atoms with Gasteiger partial charge in [-0.25, -0.2) is 0 Å². The van der Waals surface area contributed by atoms with Crippen molar-refractivity contribution in [2.75, 3.05) is 6.54 Å². The number of nitrogens with zero attached hydrogens (tertiary/aromatic N) is 1. The summed E-state index contributed by atoms with van der Waals surface area (Å²) in [6, 6.07) is 8.82. The Morgan fingerprint density at radius 1 is 1.22 bits per heavy atom. The third-order valence-corrected chi connectivity index (χ3v) is 3.28. The van der Waals surface area contributed by atoms with Gasteiger partial charge in [0.25, 0.3) is 0 Å². The number of hydrogen-bond acceptors (Lipinski definition) is 2. The molecule has 0 fully saturated rings. The van der Waals surface area contributed by atoms with E-state index in [1.54, 1.807) is 0 Å². The minimum Gasteiger partial charge on any atom is -0.313 e. The summed E-state index contributed by atoms with van der Waals surface area (Å²) in [5.41, 5.74) is 4.92. The van der Waals surface area contributed by atoms with Crippen LogP contribution in [-0.4, -0.2) is 11.5 Å². The predicted molar refractivity (Wildman–Crippen MR) is 77.9 cm³/mol. The van der Waals surface area contributed by atoms with Crippen molar-refractivity contribution in [1.82, 2.24) is 10.3 Å². The van der Waals surface area contributed by atoms with Crippen LogP contribution < -0.4 is 5.32 Å². The van der Waals surface area contributed by atoms with E-state index in [4.69, 9.17) is 0 Å².